The van der Waals surface area contributed by atoms with E-state index in [9.17, 15) is 8.42 Å². The van der Waals surface area contributed by atoms with Gasteiger partial charge in [-0.1, -0.05) is 22.8 Å². The molecule has 1 N–H and O–H groups in total. The Morgan fingerprint density at radius 1 is 1.37 bits per heavy atom. The minimum absolute atomic E-state index is 0.102. The molecule has 1 saturated heterocycles. The molecule has 0 aromatic heterocycles. The zero-order chi connectivity index (χ0) is 13.9. The van der Waals surface area contributed by atoms with Crippen LogP contribution >= 0.6 is 0 Å². The Labute approximate surface area is 111 Å². The van der Waals surface area contributed by atoms with E-state index in [-0.39, 0.29) is 4.90 Å². The summed E-state index contributed by atoms with van der Waals surface area (Å²) >= 11 is 0. The Balaban J connectivity index is 2.17. The van der Waals surface area contributed by atoms with Gasteiger partial charge in [0.1, 0.15) is 0 Å². The van der Waals surface area contributed by atoms with Crippen LogP contribution in [0.4, 0.5) is 0 Å². The van der Waals surface area contributed by atoms with Gasteiger partial charge >= 0.3 is 0 Å². The number of azide groups is 1. The van der Waals surface area contributed by atoms with Crippen molar-refractivity contribution in [3.63, 3.8) is 0 Å². The van der Waals surface area contributed by atoms with Crippen LogP contribution in [0.3, 0.4) is 0 Å². The van der Waals surface area contributed by atoms with Crippen LogP contribution in [-0.4, -0.2) is 33.7 Å². The summed E-state index contributed by atoms with van der Waals surface area (Å²) in [5.74, 6) is 0. The SMILES string of the molecule is Cc1ccc(S(=O)(=O)OC2CNCC2N=[N+]=[N-])cc1. The molecular formula is C11H14N4O3S. The van der Waals surface area contributed by atoms with E-state index in [0.29, 0.717) is 13.1 Å². The van der Waals surface area contributed by atoms with Gasteiger partial charge in [-0.3, -0.25) is 4.18 Å². The summed E-state index contributed by atoms with van der Waals surface area (Å²) in [4.78, 5) is 2.79. The van der Waals surface area contributed by atoms with Gasteiger partial charge in [-0.05, 0) is 24.6 Å². The summed E-state index contributed by atoms with van der Waals surface area (Å²) < 4.78 is 29.3. The van der Waals surface area contributed by atoms with E-state index in [2.05, 4.69) is 15.3 Å². The topological polar surface area (TPSA) is 104 Å². The molecule has 1 aromatic carbocycles. The third-order valence-electron chi connectivity index (χ3n) is 2.89. The number of nitrogens with one attached hydrogen (secondary N) is 1. The molecule has 0 radical (unpaired) electrons. The van der Waals surface area contributed by atoms with Gasteiger partial charge < -0.3 is 5.32 Å². The maximum absolute atomic E-state index is 12.1. The van der Waals surface area contributed by atoms with Crippen LogP contribution in [0.1, 0.15) is 5.56 Å². The Hall–Kier alpha value is -1.60. The molecule has 2 atom stereocenters. The van der Waals surface area contributed by atoms with E-state index in [4.69, 9.17) is 9.71 Å². The van der Waals surface area contributed by atoms with Crippen molar-refractivity contribution in [2.45, 2.75) is 24.0 Å². The Morgan fingerprint density at radius 3 is 2.68 bits per heavy atom. The lowest BCUT2D eigenvalue weighted by Crippen LogP contribution is -2.28. The molecule has 7 nitrogen and oxygen atoms in total. The predicted molar refractivity (Wildman–Crippen MR) is 69.0 cm³/mol. The van der Waals surface area contributed by atoms with Gasteiger partial charge in [0.05, 0.1) is 17.0 Å². The minimum atomic E-state index is -3.83. The largest absolute Gasteiger partial charge is 0.314 e. The van der Waals surface area contributed by atoms with Gasteiger partial charge in [0.2, 0.25) is 0 Å². The van der Waals surface area contributed by atoms with Crippen molar-refractivity contribution in [3.8, 4) is 0 Å². The van der Waals surface area contributed by atoms with Crippen molar-refractivity contribution in [2.24, 2.45) is 5.11 Å². The molecule has 1 aromatic rings. The zero-order valence-electron chi connectivity index (χ0n) is 10.4. The molecule has 102 valence electrons. The molecule has 0 amide bonds. The minimum Gasteiger partial charge on any atom is -0.314 e. The summed E-state index contributed by atoms with van der Waals surface area (Å²) in [7, 11) is -3.83. The highest BCUT2D eigenvalue weighted by Crippen LogP contribution is 2.19. The molecule has 1 heterocycles. The van der Waals surface area contributed by atoms with Crippen molar-refractivity contribution < 1.29 is 12.6 Å². The second kappa shape index (κ2) is 5.58. The molecule has 0 spiro atoms. The van der Waals surface area contributed by atoms with Crippen molar-refractivity contribution in [3.05, 3.63) is 40.3 Å². The summed E-state index contributed by atoms with van der Waals surface area (Å²) in [6, 6.07) is 5.89. The summed E-state index contributed by atoms with van der Waals surface area (Å²) in [5, 5.41) is 6.46. The molecule has 1 fully saturated rings. The lowest BCUT2D eigenvalue weighted by molar-refractivity contribution is 0.212. The van der Waals surface area contributed by atoms with Gasteiger partial charge in [-0.2, -0.15) is 8.42 Å². The normalized spacial score (nSPS) is 23.0. The van der Waals surface area contributed by atoms with Gasteiger partial charge in [0.25, 0.3) is 10.1 Å². The van der Waals surface area contributed by atoms with Crippen molar-refractivity contribution in [1.82, 2.24) is 5.32 Å². The molecule has 0 saturated carbocycles. The van der Waals surface area contributed by atoms with E-state index in [0.717, 1.165) is 5.56 Å². The molecule has 0 bridgehead atoms. The molecule has 1 aliphatic rings. The molecule has 0 aliphatic carbocycles. The van der Waals surface area contributed by atoms with Crippen molar-refractivity contribution in [2.75, 3.05) is 13.1 Å². The number of hydrogen-bond acceptors (Lipinski definition) is 5. The Kier molecular flexibility index (Phi) is 4.06. The quantitative estimate of drug-likeness (QED) is 0.389. The number of nitrogens with zero attached hydrogens (tertiary/aromatic N) is 3. The molecule has 19 heavy (non-hydrogen) atoms. The number of aryl methyl sites for hydroxylation is 1. The van der Waals surface area contributed by atoms with E-state index in [1.807, 2.05) is 6.92 Å². The molecule has 2 unspecified atom stereocenters. The van der Waals surface area contributed by atoms with E-state index in [1.54, 1.807) is 12.1 Å². The highest BCUT2D eigenvalue weighted by molar-refractivity contribution is 7.86. The van der Waals surface area contributed by atoms with E-state index < -0.39 is 22.3 Å². The highest BCUT2D eigenvalue weighted by atomic mass is 32.2. The second-order valence-corrected chi connectivity index (χ2v) is 5.90. The highest BCUT2D eigenvalue weighted by Gasteiger charge is 2.32. The first-order chi connectivity index (χ1) is 9.03. The summed E-state index contributed by atoms with van der Waals surface area (Å²) in [6.45, 7) is 2.63. The van der Waals surface area contributed by atoms with E-state index in [1.165, 1.54) is 12.1 Å². The molecular weight excluding hydrogens is 268 g/mol. The van der Waals surface area contributed by atoms with Crippen LogP contribution in [0.15, 0.2) is 34.3 Å². The third kappa shape index (κ3) is 3.24. The first-order valence-electron chi connectivity index (χ1n) is 5.78. The van der Waals surface area contributed by atoms with Crippen molar-refractivity contribution in [1.29, 1.82) is 0 Å². The van der Waals surface area contributed by atoms with Crippen LogP contribution in [0.5, 0.6) is 0 Å². The number of hydrogen-bond donors (Lipinski definition) is 1. The maximum Gasteiger partial charge on any atom is 0.297 e. The van der Waals surface area contributed by atoms with Crippen LogP contribution < -0.4 is 5.32 Å². The fourth-order valence-corrected chi connectivity index (χ4v) is 2.95. The monoisotopic (exact) mass is 282 g/mol. The summed E-state index contributed by atoms with van der Waals surface area (Å²) in [6.07, 6.45) is -0.665. The number of rotatable bonds is 4. The lowest BCUT2D eigenvalue weighted by atomic mass is 10.2. The van der Waals surface area contributed by atoms with Crippen LogP contribution in [0.2, 0.25) is 0 Å². The lowest BCUT2D eigenvalue weighted by Gasteiger charge is -2.14. The first kappa shape index (κ1) is 13.8. The first-order valence-corrected chi connectivity index (χ1v) is 7.18. The fraction of sp³-hybridized carbons (Fsp3) is 0.455. The van der Waals surface area contributed by atoms with Crippen molar-refractivity contribution >= 4 is 10.1 Å². The zero-order valence-corrected chi connectivity index (χ0v) is 11.2. The molecule has 1 aliphatic heterocycles. The van der Waals surface area contributed by atoms with Gasteiger partial charge in [0.15, 0.2) is 0 Å². The fourth-order valence-electron chi connectivity index (χ4n) is 1.84. The van der Waals surface area contributed by atoms with Crippen LogP contribution in [0.25, 0.3) is 10.4 Å². The Bertz CT molecular complexity index is 593. The van der Waals surface area contributed by atoms with Crippen LogP contribution in [-0.2, 0) is 14.3 Å². The standard InChI is InChI=1S/C11H14N4O3S/c1-8-2-4-9(5-3-8)19(16,17)18-11-7-13-6-10(11)14-15-12/h2-5,10-11,13H,6-7H2,1H3. The smallest absolute Gasteiger partial charge is 0.297 e. The number of benzene rings is 1. The summed E-state index contributed by atoms with van der Waals surface area (Å²) in [5.41, 5.74) is 9.38. The van der Waals surface area contributed by atoms with Gasteiger partial charge in [0, 0.05) is 18.0 Å². The third-order valence-corrected chi connectivity index (χ3v) is 4.24. The van der Waals surface area contributed by atoms with Crippen LogP contribution in [0, 0.1) is 6.92 Å². The molecule has 2 rings (SSSR count). The molecule has 8 heteroatoms. The predicted octanol–water partition coefficient (Wildman–Crippen LogP) is 1.35. The van der Waals surface area contributed by atoms with E-state index >= 15 is 0 Å². The Morgan fingerprint density at radius 2 is 2.05 bits per heavy atom. The average Bonchev–Trinajstić information content (AvgIpc) is 2.77. The maximum atomic E-state index is 12.1. The van der Waals surface area contributed by atoms with Gasteiger partial charge in [-0.25, -0.2) is 0 Å². The van der Waals surface area contributed by atoms with Gasteiger partial charge in [-0.15, -0.1) is 0 Å². The average molecular weight is 282 g/mol. The second-order valence-electron chi connectivity index (χ2n) is 4.33.